The molecular weight excluding hydrogens is 456 g/mol. The summed E-state index contributed by atoms with van der Waals surface area (Å²) in [7, 11) is 0. The van der Waals surface area contributed by atoms with Crippen LogP contribution in [0.4, 0.5) is 16.2 Å². The zero-order chi connectivity index (χ0) is 24.6. The van der Waals surface area contributed by atoms with Crippen LogP contribution in [0.2, 0.25) is 5.02 Å². The van der Waals surface area contributed by atoms with Gasteiger partial charge in [0, 0.05) is 34.7 Å². The second-order valence-corrected chi connectivity index (χ2v) is 8.26. The van der Waals surface area contributed by atoms with Crippen LogP contribution in [0.15, 0.2) is 60.2 Å². The fourth-order valence-corrected chi connectivity index (χ4v) is 3.99. The number of halogens is 1. The van der Waals surface area contributed by atoms with Gasteiger partial charge in [-0.2, -0.15) is 0 Å². The molecule has 0 saturated carbocycles. The minimum atomic E-state index is -0.820. The lowest BCUT2D eigenvalue weighted by Crippen LogP contribution is -2.54. The summed E-state index contributed by atoms with van der Waals surface area (Å²) in [5.41, 5.74) is 4.01. The Morgan fingerprint density at radius 3 is 2.21 bits per heavy atom. The third kappa shape index (κ3) is 4.35. The minimum Gasteiger partial charge on any atom is -0.326 e. The Morgan fingerprint density at radius 2 is 1.59 bits per heavy atom. The summed E-state index contributed by atoms with van der Waals surface area (Å²) < 4.78 is 1.97. The van der Waals surface area contributed by atoms with E-state index in [-0.39, 0.29) is 11.5 Å². The van der Waals surface area contributed by atoms with Crippen LogP contribution >= 0.6 is 11.6 Å². The molecule has 2 heterocycles. The fraction of sp³-hybridized carbons (Fsp3) is 0.120. The van der Waals surface area contributed by atoms with Gasteiger partial charge in [0.05, 0.1) is 5.69 Å². The van der Waals surface area contributed by atoms with Crippen molar-refractivity contribution in [2.75, 3.05) is 10.2 Å². The van der Waals surface area contributed by atoms with Crippen molar-refractivity contribution in [3.63, 3.8) is 0 Å². The SMILES string of the molecule is CC(=O)Nc1ccc(-n2c(C)cc(C=C3C(=O)NC(=O)N(c4ccc(Cl)cc4)C3=O)c2C)cc1. The molecule has 1 saturated heterocycles. The Hall–Kier alpha value is -4.17. The van der Waals surface area contributed by atoms with Crippen molar-refractivity contribution in [2.24, 2.45) is 0 Å². The van der Waals surface area contributed by atoms with E-state index in [0.717, 1.165) is 22.0 Å². The highest BCUT2D eigenvalue weighted by Crippen LogP contribution is 2.27. The molecule has 3 aromatic rings. The topological polar surface area (TPSA) is 101 Å². The van der Waals surface area contributed by atoms with Crippen LogP contribution in [0, 0.1) is 13.8 Å². The number of anilines is 2. The van der Waals surface area contributed by atoms with Gasteiger partial charge in [0.1, 0.15) is 5.57 Å². The zero-order valence-corrected chi connectivity index (χ0v) is 19.4. The first-order valence-corrected chi connectivity index (χ1v) is 10.8. The van der Waals surface area contributed by atoms with Gasteiger partial charge in [0.2, 0.25) is 5.91 Å². The summed E-state index contributed by atoms with van der Waals surface area (Å²) in [5.74, 6) is -1.64. The maximum Gasteiger partial charge on any atom is 0.335 e. The van der Waals surface area contributed by atoms with Crippen molar-refractivity contribution in [3.8, 4) is 5.69 Å². The number of rotatable bonds is 4. The number of nitrogens with zero attached hydrogens (tertiary/aromatic N) is 2. The number of nitrogens with one attached hydrogen (secondary N) is 2. The number of imide groups is 2. The Kier molecular flexibility index (Phi) is 6.08. The number of aromatic nitrogens is 1. The molecule has 1 aliphatic heterocycles. The Bertz CT molecular complexity index is 1350. The van der Waals surface area contributed by atoms with E-state index in [1.54, 1.807) is 24.3 Å². The van der Waals surface area contributed by atoms with E-state index in [9.17, 15) is 19.2 Å². The monoisotopic (exact) mass is 476 g/mol. The Balaban J connectivity index is 1.70. The molecule has 5 amide bonds. The van der Waals surface area contributed by atoms with Gasteiger partial charge in [0.25, 0.3) is 11.8 Å². The molecule has 2 aromatic carbocycles. The molecule has 2 N–H and O–H groups in total. The minimum absolute atomic E-state index is 0.156. The normalized spacial score (nSPS) is 15.0. The average Bonchev–Trinajstić information content (AvgIpc) is 3.05. The predicted molar refractivity (Wildman–Crippen MR) is 130 cm³/mol. The van der Waals surface area contributed by atoms with Crippen LogP contribution < -0.4 is 15.5 Å². The maximum absolute atomic E-state index is 13.1. The van der Waals surface area contributed by atoms with E-state index < -0.39 is 17.8 Å². The smallest absolute Gasteiger partial charge is 0.326 e. The number of amides is 5. The van der Waals surface area contributed by atoms with Crippen LogP contribution in [0.1, 0.15) is 23.9 Å². The number of barbiturate groups is 1. The van der Waals surface area contributed by atoms with Gasteiger partial charge in [-0.25, -0.2) is 9.69 Å². The number of urea groups is 1. The van der Waals surface area contributed by atoms with E-state index in [1.165, 1.54) is 25.1 Å². The summed E-state index contributed by atoms with van der Waals surface area (Å²) >= 11 is 5.91. The third-order valence-corrected chi connectivity index (χ3v) is 5.65. The van der Waals surface area contributed by atoms with Gasteiger partial charge in [0.15, 0.2) is 0 Å². The Morgan fingerprint density at radius 1 is 0.971 bits per heavy atom. The lowest BCUT2D eigenvalue weighted by molar-refractivity contribution is -0.122. The first-order valence-electron chi connectivity index (χ1n) is 10.4. The first kappa shape index (κ1) is 23.0. The highest BCUT2D eigenvalue weighted by atomic mass is 35.5. The largest absolute Gasteiger partial charge is 0.335 e. The average molecular weight is 477 g/mol. The van der Waals surface area contributed by atoms with Crippen molar-refractivity contribution < 1.29 is 19.2 Å². The molecule has 0 atom stereocenters. The second kappa shape index (κ2) is 8.99. The lowest BCUT2D eigenvalue weighted by atomic mass is 10.1. The van der Waals surface area contributed by atoms with E-state index in [1.807, 2.05) is 36.6 Å². The van der Waals surface area contributed by atoms with Crippen molar-refractivity contribution in [3.05, 3.63) is 82.1 Å². The fourth-order valence-electron chi connectivity index (χ4n) is 3.87. The second-order valence-electron chi connectivity index (χ2n) is 7.82. The third-order valence-electron chi connectivity index (χ3n) is 5.40. The van der Waals surface area contributed by atoms with E-state index in [4.69, 9.17) is 11.6 Å². The molecule has 0 unspecified atom stereocenters. The number of hydrogen-bond donors (Lipinski definition) is 2. The van der Waals surface area contributed by atoms with Crippen LogP contribution in [-0.4, -0.2) is 28.3 Å². The van der Waals surface area contributed by atoms with Gasteiger partial charge in [-0.3, -0.25) is 19.7 Å². The van der Waals surface area contributed by atoms with Gasteiger partial charge in [-0.05, 0) is 80.1 Å². The molecular formula is C25H21ClN4O4. The summed E-state index contributed by atoms with van der Waals surface area (Å²) in [4.78, 5) is 50.2. The van der Waals surface area contributed by atoms with Gasteiger partial charge < -0.3 is 9.88 Å². The highest BCUT2D eigenvalue weighted by Gasteiger charge is 2.37. The maximum atomic E-state index is 13.1. The van der Waals surface area contributed by atoms with Crippen molar-refractivity contribution in [1.82, 2.24) is 9.88 Å². The number of carbonyl (C=O) groups excluding carboxylic acids is 4. The zero-order valence-electron chi connectivity index (χ0n) is 18.7. The standard InChI is InChI=1S/C25H21ClN4O4/c1-14-12-17(15(2)29(14)20-10-6-19(7-11-20)27-16(3)31)13-22-23(32)28-25(34)30(24(22)33)21-8-4-18(26)5-9-21/h4-13H,1-3H3,(H,27,31)(H,28,32,34). The number of aryl methyl sites for hydroxylation is 1. The molecule has 4 rings (SSSR count). The van der Waals surface area contributed by atoms with E-state index >= 15 is 0 Å². The summed E-state index contributed by atoms with van der Waals surface area (Å²) in [6.07, 6.45) is 1.48. The quantitative estimate of drug-likeness (QED) is 0.431. The molecule has 1 aromatic heterocycles. The van der Waals surface area contributed by atoms with Crippen LogP contribution in [0.5, 0.6) is 0 Å². The molecule has 1 fully saturated rings. The molecule has 0 spiro atoms. The predicted octanol–water partition coefficient (Wildman–Crippen LogP) is 4.37. The van der Waals surface area contributed by atoms with Gasteiger partial charge >= 0.3 is 6.03 Å². The summed E-state index contributed by atoms with van der Waals surface area (Å²) in [6.45, 7) is 5.22. The van der Waals surface area contributed by atoms with E-state index in [2.05, 4.69) is 10.6 Å². The van der Waals surface area contributed by atoms with E-state index in [0.29, 0.717) is 22.0 Å². The lowest BCUT2D eigenvalue weighted by Gasteiger charge is -2.26. The Labute approximate surface area is 200 Å². The molecule has 0 aliphatic carbocycles. The molecule has 9 heteroatoms. The molecule has 8 nitrogen and oxygen atoms in total. The molecule has 172 valence electrons. The van der Waals surface area contributed by atoms with Crippen LogP contribution in [-0.2, 0) is 14.4 Å². The van der Waals surface area contributed by atoms with Gasteiger partial charge in [-0.15, -0.1) is 0 Å². The molecule has 0 radical (unpaired) electrons. The first-order chi connectivity index (χ1) is 16.2. The number of carbonyl (C=O) groups is 4. The van der Waals surface area contributed by atoms with Crippen molar-refractivity contribution in [1.29, 1.82) is 0 Å². The van der Waals surface area contributed by atoms with Gasteiger partial charge in [-0.1, -0.05) is 11.6 Å². The summed E-state index contributed by atoms with van der Waals surface area (Å²) in [5, 5.41) is 5.41. The van der Waals surface area contributed by atoms with Crippen LogP contribution in [0.25, 0.3) is 11.8 Å². The van der Waals surface area contributed by atoms with Crippen LogP contribution in [0.3, 0.4) is 0 Å². The number of benzene rings is 2. The van der Waals surface area contributed by atoms with Crippen molar-refractivity contribution in [2.45, 2.75) is 20.8 Å². The van der Waals surface area contributed by atoms with Crippen molar-refractivity contribution >= 4 is 52.8 Å². The molecule has 1 aliphatic rings. The molecule has 0 bridgehead atoms. The number of hydrogen-bond acceptors (Lipinski definition) is 4. The summed E-state index contributed by atoms with van der Waals surface area (Å²) in [6, 6.07) is 14.5. The molecule has 34 heavy (non-hydrogen) atoms. The highest BCUT2D eigenvalue weighted by molar-refractivity contribution is 6.39.